The van der Waals surface area contributed by atoms with Gasteiger partial charge in [-0.2, -0.15) is 0 Å². The van der Waals surface area contributed by atoms with Gasteiger partial charge in [-0.25, -0.2) is 9.97 Å². The molecule has 1 aliphatic heterocycles. The number of amides is 1. The third kappa shape index (κ3) is 3.89. The molecule has 104 valence electrons. The standard InChI is InChI=1S/C13H20N4O2/c1-10(2)7-14-13-15-8-11(9-16-13)12(18)17-3-5-19-6-4-17/h8-10H,3-7H2,1-2H3,(H,14,15,16). The number of morpholine rings is 1. The molecule has 6 heteroatoms. The van der Waals surface area contributed by atoms with E-state index in [9.17, 15) is 4.79 Å². The first-order chi connectivity index (χ1) is 9.16. The number of hydrogen-bond donors (Lipinski definition) is 1. The SMILES string of the molecule is CC(C)CNc1ncc(C(=O)N2CCOCC2)cn1. The van der Waals surface area contributed by atoms with Crippen molar-refractivity contribution < 1.29 is 9.53 Å². The van der Waals surface area contributed by atoms with Crippen LogP contribution in [-0.2, 0) is 4.74 Å². The van der Waals surface area contributed by atoms with E-state index >= 15 is 0 Å². The van der Waals surface area contributed by atoms with Crippen LogP contribution in [0.5, 0.6) is 0 Å². The molecule has 1 amide bonds. The second-order valence-electron chi connectivity index (χ2n) is 4.97. The summed E-state index contributed by atoms with van der Waals surface area (Å²) in [7, 11) is 0. The highest BCUT2D eigenvalue weighted by Gasteiger charge is 2.18. The van der Waals surface area contributed by atoms with Crippen molar-refractivity contribution in [3.63, 3.8) is 0 Å². The molecule has 1 aliphatic rings. The predicted molar refractivity (Wildman–Crippen MR) is 72.1 cm³/mol. The van der Waals surface area contributed by atoms with Crippen LogP contribution in [0.4, 0.5) is 5.95 Å². The van der Waals surface area contributed by atoms with E-state index in [4.69, 9.17) is 4.74 Å². The monoisotopic (exact) mass is 264 g/mol. The summed E-state index contributed by atoms with van der Waals surface area (Å²) in [6.07, 6.45) is 3.15. The van der Waals surface area contributed by atoms with Gasteiger partial charge in [0.15, 0.2) is 0 Å². The minimum Gasteiger partial charge on any atom is -0.378 e. The van der Waals surface area contributed by atoms with Crippen LogP contribution in [0.1, 0.15) is 24.2 Å². The van der Waals surface area contributed by atoms with E-state index in [-0.39, 0.29) is 5.91 Å². The summed E-state index contributed by atoms with van der Waals surface area (Å²) in [4.78, 5) is 22.2. The maximum absolute atomic E-state index is 12.1. The minimum absolute atomic E-state index is 0.0290. The predicted octanol–water partition coefficient (Wildman–Crippen LogP) is 1.02. The zero-order valence-electron chi connectivity index (χ0n) is 11.4. The highest BCUT2D eigenvalue weighted by molar-refractivity contribution is 5.93. The number of ether oxygens (including phenoxy) is 1. The average Bonchev–Trinajstić information content (AvgIpc) is 2.46. The molecule has 0 saturated carbocycles. The maximum Gasteiger partial charge on any atom is 0.257 e. The Balaban J connectivity index is 1.95. The molecule has 1 aromatic heterocycles. The van der Waals surface area contributed by atoms with Crippen molar-refractivity contribution in [2.24, 2.45) is 5.92 Å². The van der Waals surface area contributed by atoms with Gasteiger partial charge in [0.05, 0.1) is 18.8 Å². The molecule has 0 bridgehead atoms. The van der Waals surface area contributed by atoms with Gasteiger partial charge >= 0.3 is 0 Å². The maximum atomic E-state index is 12.1. The van der Waals surface area contributed by atoms with Crippen LogP contribution >= 0.6 is 0 Å². The first-order valence-corrected chi connectivity index (χ1v) is 6.60. The van der Waals surface area contributed by atoms with Crippen LogP contribution in [0, 0.1) is 5.92 Å². The summed E-state index contributed by atoms with van der Waals surface area (Å²) in [6, 6.07) is 0. The van der Waals surface area contributed by atoms with Crippen LogP contribution in [0.15, 0.2) is 12.4 Å². The molecule has 19 heavy (non-hydrogen) atoms. The third-order valence-electron chi connectivity index (χ3n) is 2.87. The molecular weight excluding hydrogens is 244 g/mol. The van der Waals surface area contributed by atoms with Crippen molar-refractivity contribution in [2.45, 2.75) is 13.8 Å². The molecule has 2 rings (SSSR count). The molecule has 0 atom stereocenters. The van der Waals surface area contributed by atoms with E-state index in [1.807, 2.05) is 0 Å². The van der Waals surface area contributed by atoms with Crippen molar-refractivity contribution in [3.05, 3.63) is 18.0 Å². The lowest BCUT2D eigenvalue weighted by atomic mass is 10.2. The largest absolute Gasteiger partial charge is 0.378 e. The van der Waals surface area contributed by atoms with Gasteiger partial charge in [-0.1, -0.05) is 13.8 Å². The lowest BCUT2D eigenvalue weighted by Crippen LogP contribution is -2.40. The van der Waals surface area contributed by atoms with E-state index in [2.05, 4.69) is 29.1 Å². The van der Waals surface area contributed by atoms with Crippen LogP contribution in [0.3, 0.4) is 0 Å². The Labute approximate surface area is 113 Å². The fraction of sp³-hybridized carbons (Fsp3) is 0.615. The number of carbonyl (C=O) groups is 1. The van der Waals surface area contributed by atoms with Crippen LogP contribution in [-0.4, -0.2) is 53.6 Å². The molecule has 0 unspecified atom stereocenters. The average molecular weight is 264 g/mol. The van der Waals surface area contributed by atoms with Gasteiger partial charge in [0.1, 0.15) is 0 Å². The van der Waals surface area contributed by atoms with Gasteiger partial charge in [0, 0.05) is 32.0 Å². The van der Waals surface area contributed by atoms with E-state index in [0.29, 0.717) is 43.7 Å². The molecule has 6 nitrogen and oxygen atoms in total. The van der Waals surface area contributed by atoms with E-state index in [1.165, 1.54) is 0 Å². The number of nitrogens with one attached hydrogen (secondary N) is 1. The normalized spacial score (nSPS) is 15.6. The molecule has 2 heterocycles. The summed E-state index contributed by atoms with van der Waals surface area (Å²) < 4.78 is 5.22. The fourth-order valence-corrected chi connectivity index (χ4v) is 1.77. The lowest BCUT2D eigenvalue weighted by molar-refractivity contribution is 0.0302. The van der Waals surface area contributed by atoms with E-state index < -0.39 is 0 Å². The Hall–Kier alpha value is -1.69. The van der Waals surface area contributed by atoms with Gasteiger partial charge in [0.2, 0.25) is 5.95 Å². The number of aromatic nitrogens is 2. The molecular formula is C13H20N4O2. The van der Waals surface area contributed by atoms with Crippen molar-refractivity contribution in [2.75, 3.05) is 38.2 Å². The van der Waals surface area contributed by atoms with Crippen molar-refractivity contribution >= 4 is 11.9 Å². The van der Waals surface area contributed by atoms with Gasteiger partial charge < -0.3 is 15.0 Å². The first-order valence-electron chi connectivity index (χ1n) is 6.60. The number of carbonyl (C=O) groups excluding carboxylic acids is 1. The summed E-state index contributed by atoms with van der Waals surface area (Å²) in [5.74, 6) is 1.06. The number of anilines is 1. The minimum atomic E-state index is -0.0290. The summed E-state index contributed by atoms with van der Waals surface area (Å²) in [5, 5.41) is 3.12. The molecule has 1 fully saturated rings. The molecule has 0 spiro atoms. The zero-order valence-corrected chi connectivity index (χ0v) is 11.4. The van der Waals surface area contributed by atoms with Gasteiger partial charge in [0.25, 0.3) is 5.91 Å². The second-order valence-corrected chi connectivity index (χ2v) is 4.97. The molecule has 0 aromatic carbocycles. The summed E-state index contributed by atoms with van der Waals surface area (Å²) in [5.41, 5.74) is 0.525. The van der Waals surface area contributed by atoms with Crippen molar-refractivity contribution in [1.29, 1.82) is 0 Å². The number of nitrogens with zero attached hydrogens (tertiary/aromatic N) is 3. The molecule has 1 N–H and O–H groups in total. The van der Waals surface area contributed by atoms with Crippen LogP contribution in [0.2, 0.25) is 0 Å². The highest BCUT2D eigenvalue weighted by atomic mass is 16.5. The molecule has 0 aliphatic carbocycles. The molecule has 1 aromatic rings. The Bertz CT molecular complexity index is 413. The van der Waals surface area contributed by atoms with Crippen LogP contribution in [0.25, 0.3) is 0 Å². The Morgan fingerprint density at radius 3 is 2.58 bits per heavy atom. The third-order valence-corrected chi connectivity index (χ3v) is 2.87. The topological polar surface area (TPSA) is 67.4 Å². The highest BCUT2D eigenvalue weighted by Crippen LogP contribution is 2.07. The van der Waals surface area contributed by atoms with Gasteiger partial charge in [-0.15, -0.1) is 0 Å². The second kappa shape index (κ2) is 6.47. The Morgan fingerprint density at radius 2 is 2.00 bits per heavy atom. The lowest BCUT2D eigenvalue weighted by Gasteiger charge is -2.26. The summed E-state index contributed by atoms with van der Waals surface area (Å²) >= 11 is 0. The summed E-state index contributed by atoms with van der Waals surface area (Å²) in [6.45, 7) is 7.50. The van der Waals surface area contributed by atoms with Crippen molar-refractivity contribution in [1.82, 2.24) is 14.9 Å². The number of hydrogen-bond acceptors (Lipinski definition) is 5. The smallest absolute Gasteiger partial charge is 0.257 e. The van der Waals surface area contributed by atoms with Gasteiger partial charge in [-0.3, -0.25) is 4.79 Å². The fourth-order valence-electron chi connectivity index (χ4n) is 1.77. The first kappa shape index (κ1) is 13.7. The quantitative estimate of drug-likeness (QED) is 0.879. The zero-order chi connectivity index (χ0) is 13.7. The molecule has 1 saturated heterocycles. The van der Waals surface area contributed by atoms with E-state index in [0.717, 1.165) is 6.54 Å². The van der Waals surface area contributed by atoms with Crippen molar-refractivity contribution in [3.8, 4) is 0 Å². The Kier molecular flexibility index (Phi) is 4.68. The molecule has 0 radical (unpaired) electrons. The van der Waals surface area contributed by atoms with Crippen LogP contribution < -0.4 is 5.32 Å². The Morgan fingerprint density at radius 1 is 1.37 bits per heavy atom. The van der Waals surface area contributed by atoms with Gasteiger partial charge in [-0.05, 0) is 5.92 Å². The number of rotatable bonds is 4. The van der Waals surface area contributed by atoms with E-state index in [1.54, 1.807) is 17.3 Å².